The zero-order valence-electron chi connectivity index (χ0n) is 3.94. The van der Waals surface area contributed by atoms with Crippen LogP contribution in [-0.2, 0) is 64.5 Å². The van der Waals surface area contributed by atoms with Gasteiger partial charge in [-0.05, 0) is 0 Å². The SMILES string of the molecule is O.O.[O-2].[O-2].[O-2].[O-2].[O-2].[V+5].[V+5]. The summed E-state index contributed by atoms with van der Waals surface area (Å²) in [6.07, 6.45) is 0. The van der Waals surface area contributed by atoms with Crippen molar-refractivity contribution in [2.75, 3.05) is 0 Å². The van der Waals surface area contributed by atoms with Crippen molar-refractivity contribution in [2.24, 2.45) is 0 Å². The largest absolute Gasteiger partial charge is 5.00 e. The molecule has 0 aliphatic rings. The Kier molecular flexibility index (Phi) is 76900. The first-order chi connectivity index (χ1) is 0. The van der Waals surface area contributed by atoms with E-state index in [9.17, 15) is 0 Å². The van der Waals surface area contributed by atoms with E-state index in [1.807, 2.05) is 0 Å². The summed E-state index contributed by atoms with van der Waals surface area (Å²) >= 11 is 0. The normalized spacial score (nSPS) is 0. The Labute approximate surface area is 75.8 Å². The van der Waals surface area contributed by atoms with E-state index >= 15 is 0 Å². The summed E-state index contributed by atoms with van der Waals surface area (Å²) in [6, 6.07) is 0. The predicted octanol–water partition coefficient (Wildman–Crippen LogP) is -2.25. The Hall–Kier alpha value is 0.889. The maximum atomic E-state index is 0. The van der Waals surface area contributed by atoms with Crippen LogP contribution in [0.25, 0.3) is 0 Å². The van der Waals surface area contributed by atoms with E-state index in [-0.39, 0.29) is 75.4 Å². The molecule has 9 heavy (non-hydrogen) atoms. The quantitative estimate of drug-likeness (QED) is 0.422. The smallest absolute Gasteiger partial charge is 2.00 e. The minimum atomic E-state index is 0. The van der Waals surface area contributed by atoms with Gasteiger partial charge >= 0.3 is 37.1 Å². The first kappa shape index (κ1) is 989. The molecule has 0 fully saturated rings. The summed E-state index contributed by atoms with van der Waals surface area (Å²) in [5, 5.41) is 0. The molecular formula is H4O7V2. The number of rotatable bonds is 0. The molecule has 0 aliphatic heterocycles. The third-order valence-corrected chi connectivity index (χ3v) is 0. The van der Waals surface area contributed by atoms with E-state index in [1.165, 1.54) is 0 Å². The van der Waals surface area contributed by atoms with Gasteiger partial charge in [0.2, 0.25) is 0 Å². The van der Waals surface area contributed by atoms with E-state index in [1.54, 1.807) is 0 Å². The topological polar surface area (TPSA) is 206 Å². The van der Waals surface area contributed by atoms with E-state index in [4.69, 9.17) is 0 Å². The van der Waals surface area contributed by atoms with Crippen LogP contribution >= 0.6 is 0 Å². The average Bonchev–Trinajstić information content (AvgIpc) is 0. The van der Waals surface area contributed by atoms with Gasteiger partial charge in [-0.2, -0.15) is 0 Å². The van der Waals surface area contributed by atoms with Gasteiger partial charge in [0.25, 0.3) is 0 Å². The van der Waals surface area contributed by atoms with Crippen LogP contribution in [0.1, 0.15) is 0 Å². The third-order valence-electron chi connectivity index (χ3n) is 0. The molecule has 0 heterocycles. The molecule has 0 saturated heterocycles. The summed E-state index contributed by atoms with van der Waals surface area (Å²) in [5.74, 6) is 0. The molecule has 0 saturated carbocycles. The van der Waals surface area contributed by atoms with E-state index < -0.39 is 0 Å². The molecule has 4 N–H and O–H groups in total. The fourth-order valence-corrected chi connectivity index (χ4v) is 0. The predicted molar refractivity (Wildman–Crippen MR) is 10.7 cm³/mol. The molecule has 0 atom stereocenters. The molecular weight excluding hydrogens is 214 g/mol. The number of hydrogen-bond acceptors (Lipinski definition) is 0. The Morgan fingerprint density at radius 1 is 0.333 bits per heavy atom. The van der Waals surface area contributed by atoms with Gasteiger partial charge in [-0.1, -0.05) is 0 Å². The number of hydrogen-bond donors (Lipinski definition) is 0. The second kappa shape index (κ2) is 700. The van der Waals surface area contributed by atoms with Crippen LogP contribution in [0.4, 0.5) is 0 Å². The van der Waals surface area contributed by atoms with Gasteiger partial charge in [0.15, 0.2) is 0 Å². The first-order valence-electron chi connectivity index (χ1n) is 0. The fourth-order valence-electron chi connectivity index (χ4n) is 0. The molecule has 0 amide bonds. The molecule has 0 bridgehead atoms. The van der Waals surface area contributed by atoms with Gasteiger partial charge in [0, 0.05) is 0 Å². The molecule has 9 heteroatoms. The van der Waals surface area contributed by atoms with E-state index in [0.717, 1.165) is 0 Å². The van der Waals surface area contributed by atoms with Crippen molar-refractivity contribution in [3.05, 3.63) is 0 Å². The minimum Gasteiger partial charge on any atom is -2.00 e. The minimum absolute atomic E-state index is 0. The van der Waals surface area contributed by atoms with Crippen molar-refractivity contribution in [3.8, 4) is 0 Å². The molecule has 7 nitrogen and oxygen atoms in total. The van der Waals surface area contributed by atoms with Crippen LogP contribution in [0.15, 0.2) is 0 Å². The van der Waals surface area contributed by atoms with Gasteiger partial charge in [-0.25, -0.2) is 0 Å². The van der Waals surface area contributed by atoms with Crippen molar-refractivity contribution in [2.45, 2.75) is 0 Å². The molecule has 56 valence electrons. The van der Waals surface area contributed by atoms with Crippen molar-refractivity contribution >= 4 is 0 Å². The molecule has 0 unspecified atom stereocenters. The summed E-state index contributed by atoms with van der Waals surface area (Å²) < 4.78 is 0. The molecule has 0 radical (unpaired) electrons. The summed E-state index contributed by atoms with van der Waals surface area (Å²) in [5.41, 5.74) is 0. The van der Waals surface area contributed by atoms with Gasteiger partial charge < -0.3 is 38.3 Å². The molecule has 0 aromatic rings. The van der Waals surface area contributed by atoms with Crippen LogP contribution in [0.5, 0.6) is 0 Å². The molecule has 0 rings (SSSR count). The second-order valence-corrected chi connectivity index (χ2v) is 0. The Balaban J connectivity index is 0. The summed E-state index contributed by atoms with van der Waals surface area (Å²) in [6.45, 7) is 0. The van der Waals surface area contributed by atoms with Crippen LogP contribution in [0.3, 0.4) is 0 Å². The Morgan fingerprint density at radius 3 is 0.333 bits per heavy atom. The molecule has 0 aromatic heterocycles. The summed E-state index contributed by atoms with van der Waals surface area (Å²) in [4.78, 5) is 0. The Bertz CT molecular complexity index is 6.88. The monoisotopic (exact) mass is 218 g/mol. The van der Waals surface area contributed by atoms with Gasteiger partial charge in [-0.3, -0.25) is 0 Å². The molecule has 0 spiro atoms. The van der Waals surface area contributed by atoms with Gasteiger partial charge in [-0.15, -0.1) is 0 Å². The van der Waals surface area contributed by atoms with Crippen LogP contribution < -0.4 is 0 Å². The van der Waals surface area contributed by atoms with Crippen LogP contribution in [0, 0.1) is 0 Å². The average molecular weight is 218 g/mol. The zero-order valence-corrected chi connectivity index (χ0v) is 6.73. The molecule has 0 aliphatic carbocycles. The Morgan fingerprint density at radius 2 is 0.333 bits per heavy atom. The zero-order chi connectivity index (χ0) is 0. The van der Waals surface area contributed by atoms with Crippen molar-refractivity contribution in [1.82, 2.24) is 0 Å². The van der Waals surface area contributed by atoms with Gasteiger partial charge in [0.05, 0.1) is 0 Å². The molecule has 0 aromatic carbocycles. The van der Waals surface area contributed by atoms with Crippen molar-refractivity contribution in [1.29, 1.82) is 0 Å². The fraction of sp³-hybridized carbons (Fsp3) is 0. The maximum Gasteiger partial charge on any atom is 5.00 e. The van der Waals surface area contributed by atoms with Gasteiger partial charge in [0.1, 0.15) is 0 Å². The maximum absolute atomic E-state index is 0. The first-order valence-corrected chi connectivity index (χ1v) is 0. The van der Waals surface area contributed by atoms with E-state index in [2.05, 4.69) is 0 Å². The summed E-state index contributed by atoms with van der Waals surface area (Å²) in [7, 11) is 0. The van der Waals surface area contributed by atoms with Crippen molar-refractivity contribution in [3.63, 3.8) is 0 Å². The second-order valence-electron chi connectivity index (χ2n) is 0. The standard InChI is InChI=1S/2H2O.5O.2V/h2*1H2;;;;;;;/q;;5*-2;2*+5. The van der Waals surface area contributed by atoms with E-state index in [0.29, 0.717) is 0 Å². The third kappa shape index (κ3) is 534. The van der Waals surface area contributed by atoms with Crippen LogP contribution in [0.2, 0.25) is 0 Å². The van der Waals surface area contributed by atoms with Crippen molar-refractivity contribution < 1.29 is 75.4 Å². The van der Waals surface area contributed by atoms with Crippen LogP contribution in [-0.4, -0.2) is 11.0 Å².